The average molecular weight is 233 g/mol. The minimum atomic E-state index is -1.51. The van der Waals surface area contributed by atoms with E-state index >= 15 is 0 Å². The van der Waals surface area contributed by atoms with E-state index in [0.29, 0.717) is 0 Å². The molecule has 0 unspecified atom stereocenters. The molecule has 0 aromatic heterocycles. The van der Waals surface area contributed by atoms with E-state index in [-0.39, 0.29) is 18.4 Å². The molecule has 0 bridgehead atoms. The Hall–Kier alpha value is -1.56. The van der Waals surface area contributed by atoms with Crippen molar-refractivity contribution in [2.45, 2.75) is 12.8 Å². The molecule has 0 heterocycles. The number of amides is 1. The van der Waals surface area contributed by atoms with E-state index in [1.807, 2.05) is 0 Å². The van der Waals surface area contributed by atoms with Gasteiger partial charge in [0, 0.05) is 6.42 Å². The fourth-order valence-corrected chi connectivity index (χ4v) is 1.18. The summed E-state index contributed by atoms with van der Waals surface area (Å²) in [4.78, 5) is 15.3. The quantitative estimate of drug-likeness (QED) is 0.635. The van der Waals surface area contributed by atoms with Gasteiger partial charge in [0.15, 0.2) is 17.5 Å². The van der Waals surface area contributed by atoms with Gasteiger partial charge in [0.05, 0.1) is 7.11 Å². The molecule has 0 aliphatic heterocycles. The van der Waals surface area contributed by atoms with Gasteiger partial charge < -0.3 is 0 Å². The minimum absolute atomic E-state index is 0.00163. The Kier molecular flexibility index (Phi) is 4.30. The zero-order valence-electron chi connectivity index (χ0n) is 8.52. The highest BCUT2D eigenvalue weighted by Crippen LogP contribution is 2.14. The van der Waals surface area contributed by atoms with Crippen molar-refractivity contribution >= 4 is 5.91 Å². The van der Waals surface area contributed by atoms with E-state index in [4.69, 9.17) is 0 Å². The van der Waals surface area contributed by atoms with Gasteiger partial charge in [-0.15, -0.1) is 0 Å². The number of hydrogen-bond donors (Lipinski definition) is 1. The maximum absolute atomic E-state index is 12.8. The predicted octanol–water partition coefficient (Wildman–Crippen LogP) is 1.71. The number of hydrogen-bond acceptors (Lipinski definition) is 2. The standard InChI is InChI=1S/C10H10F3NO2/c1-16-14-9(15)3-2-6-4-7(11)10(13)8(12)5-6/h4-5H,2-3H2,1H3,(H,14,15). The zero-order valence-corrected chi connectivity index (χ0v) is 8.52. The Morgan fingerprint density at radius 3 is 2.38 bits per heavy atom. The monoisotopic (exact) mass is 233 g/mol. The van der Waals surface area contributed by atoms with Gasteiger partial charge in [-0.2, -0.15) is 0 Å². The van der Waals surface area contributed by atoms with Crippen LogP contribution in [0.1, 0.15) is 12.0 Å². The van der Waals surface area contributed by atoms with Crippen molar-refractivity contribution in [2.24, 2.45) is 0 Å². The number of aryl methyl sites for hydroxylation is 1. The van der Waals surface area contributed by atoms with E-state index < -0.39 is 23.4 Å². The van der Waals surface area contributed by atoms with Crippen LogP contribution in [0, 0.1) is 17.5 Å². The third-order valence-corrected chi connectivity index (χ3v) is 1.90. The number of rotatable bonds is 4. The summed E-state index contributed by atoms with van der Waals surface area (Å²) < 4.78 is 38.1. The minimum Gasteiger partial charge on any atom is -0.277 e. The van der Waals surface area contributed by atoms with Crippen molar-refractivity contribution in [3.8, 4) is 0 Å². The van der Waals surface area contributed by atoms with Gasteiger partial charge in [0.25, 0.3) is 0 Å². The van der Waals surface area contributed by atoms with Crippen LogP contribution in [0.3, 0.4) is 0 Å². The second-order valence-corrected chi connectivity index (χ2v) is 3.10. The van der Waals surface area contributed by atoms with E-state index in [1.165, 1.54) is 7.11 Å². The fourth-order valence-electron chi connectivity index (χ4n) is 1.18. The first-order valence-electron chi connectivity index (χ1n) is 4.50. The molecule has 0 atom stereocenters. The highest BCUT2D eigenvalue weighted by Gasteiger charge is 2.11. The van der Waals surface area contributed by atoms with Crippen molar-refractivity contribution in [3.05, 3.63) is 35.1 Å². The molecule has 6 heteroatoms. The summed E-state index contributed by atoms with van der Waals surface area (Å²) in [5.41, 5.74) is 2.27. The first-order chi connectivity index (χ1) is 7.54. The van der Waals surface area contributed by atoms with Crippen LogP contribution in [0.15, 0.2) is 12.1 Å². The molecule has 0 radical (unpaired) electrons. The van der Waals surface area contributed by atoms with Crippen molar-refractivity contribution in [3.63, 3.8) is 0 Å². The maximum Gasteiger partial charge on any atom is 0.243 e. The lowest BCUT2D eigenvalue weighted by Gasteiger charge is -2.03. The molecule has 0 fully saturated rings. The van der Waals surface area contributed by atoms with Crippen molar-refractivity contribution in [1.29, 1.82) is 0 Å². The Morgan fingerprint density at radius 2 is 1.88 bits per heavy atom. The molecule has 1 amide bonds. The van der Waals surface area contributed by atoms with Gasteiger partial charge in [0.1, 0.15) is 0 Å². The summed E-state index contributed by atoms with van der Waals surface area (Å²) in [5.74, 6) is -4.46. The number of halogens is 3. The van der Waals surface area contributed by atoms with E-state index in [0.717, 1.165) is 12.1 Å². The predicted molar refractivity (Wildman–Crippen MR) is 49.8 cm³/mol. The van der Waals surface area contributed by atoms with Crippen LogP contribution in [0.5, 0.6) is 0 Å². The first-order valence-corrected chi connectivity index (χ1v) is 4.50. The van der Waals surface area contributed by atoms with E-state index in [2.05, 4.69) is 10.3 Å². The molecule has 1 N–H and O–H groups in total. The third-order valence-electron chi connectivity index (χ3n) is 1.90. The molecular formula is C10H10F3NO2. The molecule has 0 saturated carbocycles. The summed E-state index contributed by atoms with van der Waals surface area (Å²) >= 11 is 0. The summed E-state index contributed by atoms with van der Waals surface area (Å²) in [6, 6.07) is 1.72. The Labute approximate surface area is 90.2 Å². The molecule has 1 aromatic carbocycles. The highest BCUT2D eigenvalue weighted by atomic mass is 19.2. The molecule has 1 aromatic rings. The lowest BCUT2D eigenvalue weighted by atomic mass is 10.1. The van der Waals surface area contributed by atoms with Gasteiger partial charge in [-0.05, 0) is 24.1 Å². The van der Waals surface area contributed by atoms with Crippen LogP contribution >= 0.6 is 0 Å². The SMILES string of the molecule is CONC(=O)CCc1cc(F)c(F)c(F)c1. The van der Waals surface area contributed by atoms with Crippen LogP contribution < -0.4 is 5.48 Å². The van der Waals surface area contributed by atoms with Crippen molar-refractivity contribution < 1.29 is 22.8 Å². The number of hydroxylamine groups is 1. The molecule has 0 spiro atoms. The van der Waals surface area contributed by atoms with Gasteiger partial charge in [-0.1, -0.05) is 0 Å². The first kappa shape index (κ1) is 12.5. The van der Waals surface area contributed by atoms with Crippen molar-refractivity contribution in [1.82, 2.24) is 5.48 Å². The zero-order chi connectivity index (χ0) is 12.1. The number of carbonyl (C=O) groups excluding carboxylic acids is 1. The van der Waals surface area contributed by atoms with Gasteiger partial charge in [-0.25, -0.2) is 18.7 Å². The summed E-state index contributed by atoms with van der Waals surface area (Å²) in [7, 11) is 1.27. The second kappa shape index (κ2) is 5.50. The van der Waals surface area contributed by atoms with Crippen molar-refractivity contribution in [2.75, 3.05) is 7.11 Å². The lowest BCUT2D eigenvalue weighted by molar-refractivity contribution is -0.131. The molecule has 1 rings (SSSR count). The third kappa shape index (κ3) is 3.23. The summed E-state index contributed by atoms with van der Waals surface area (Å²) in [6.45, 7) is 0. The average Bonchev–Trinajstić information content (AvgIpc) is 2.23. The fraction of sp³-hybridized carbons (Fsp3) is 0.300. The molecule has 3 nitrogen and oxygen atoms in total. The van der Waals surface area contributed by atoms with Crippen LogP contribution in [-0.4, -0.2) is 13.0 Å². The second-order valence-electron chi connectivity index (χ2n) is 3.10. The van der Waals surface area contributed by atoms with Gasteiger partial charge in [-0.3, -0.25) is 9.63 Å². The number of nitrogens with one attached hydrogen (secondary N) is 1. The van der Waals surface area contributed by atoms with Gasteiger partial charge >= 0.3 is 0 Å². The summed E-state index contributed by atoms with van der Waals surface area (Å²) in [6.07, 6.45) is 0.0989. The largest absolute Gasteiger partial charge is 0.277 e. The maximum atomic E-state index is 12.8. The number of carbonyl (C=O) groups is 1. The summed E-state index contributed by atoms with van der Waals surface area (Å²) in [5, 5.41) is 0. The highest BCUT2D eigenvalue weighted by molar-refractivity contribution is 5.74. The smallest absolute Gasteiger partial charge is 0.243 e. The normalized spacial score (nSPS) is 10.2. The van der Waals surface area contributed by atoms with E-state index in [9.17, 15) is 18.0 Å². The van der Waals surface area contributed by atoms with E-state index in [1.54, 1.807) is 0 Å². The van der Waals surface area contributed by atoms with Crippen LogP contribution in [-0.2, 0) is 16.1 Å². The molecule has 0 saturated heterocycles. The molecule has 0 aliphatic rings. The van der Waals surface area contributed by atoms with Crippen LogP contribution in [0.4, 0.5) is 13.2 Å². The topological polar surface area (TPSA) is 38.3 Å². The molecule has 88 valence electrons. The Morgan fingerprint density at radius 1 is 1.31 bits per heavy atom. The Balaban J connectivity index is 2.65. The van der Waals surface area contributed by atoms with Gasteiger partial charge in [0.2, 0.25) is 5.91 Å². The van der Waals surface area contributed by atoms with Crippen LogP contribution in [0.25, 0.3) is 0 Å². The molecule has 16 heavy (non-hydrogen) atoms. The Bertz CT molecular complexity index is 373. The lowest BCUT2D eigenvalue weighted by Crippen LogP contribution is -2.21. The number of benzene rings is 1. The molecule has 0 aliphatic carbocycles. The van der Waals surface area contributed by atoms with Crippen LogP contribution in [0.2, 0.25) is 0 Å². The molecular weight excluding hydrogens is 223 g/mol.